The van der Waals surface area contributed by atoms with Crippen LogP contribution in [0.2, 0.25) is 0 Å². The standard InChI is InChI=1S/C25H29N7O2/c1-16-11-17(21-19(12-26)13-28-15-20(21)32-9-7-27-8-10-32)5-6-18(16)14-29-23(33)22-30-24(34-31-22)25(2,3)4/h5-6,11,13,15,27H,7-10,14H2,1-4H3,(H,29,33). The number of aryl methyl sites for hydroxylation is 1. The molecule has 1 aromatic carbocycles. The van der Waals surface area contributed by atoms with Crippen LogP contribution in [0.3, 0.4) is 0 Å². The predicted molar refractivity (Wildman–Crippen MR) is 128 cm³/mol. The van der Waals surface area contributed by atoms with Gasteiger partial charge >= 0.3 is 0 Å². The SMILES string of the molecule is Cc1cc(-c2c(C#N)cncc2N2CCNCC2)ccc1CNC(=O)c1noc(C(C)(C)C)n1. The van der Waals surface area contributed by atoms with Gasteiger partial charge in [-0.15, -0.1) is 0 Å². The number of carbonyl (C=O) groups is 1. The Hall–Kier alpha value is -3.77. The summed E-state index contributed by atoms with van der Waals surface area (Å²) in [5.41, 5.74) is 5.00. The van der Waals surface area contributed by atoms with Gasteiger partial charge in [0.25, 0.3) is 11.7 Å². The number of nitriles is 1. The third kappa shape index (κ3) is 4.92. The Morgan fingerprint density at radius 2 is 2.03 bits per heavy atom. The summed E-state index contributed by atoms with van der Waals surface area (Å²) < 4.78 is 5.21. The number of rotatable bonds is 5. The summed E-state index contributed by atoms with van der Waals surface area (Å²) in [6, 6.07) is 8.31. The fourth-order valence-corrected chi connectivity index (χ4v) is 3.91. The van der Waals surface area contributed by atoms with Crippen molar-refractivity contribution in [3.05, 3.63) is 59.0 Å². The molecule has 1 amide bonds. The van der Waals surface area contributed by atoms with Gasteiger partial charge in [0.15, 0.2) is 0 Å². The number of anilines is 1. The number of benzene rings is 1. The molecule has 1 fully saturated rings. The molecule has 0 saturated carbocycles. The Morgan fingerprint density at radius 3 is 2.68 bits per heavy atom. The second-order valence-electron chi connectivity index (χ2n) is 9.43. The van der Waals surface area contributed by atoms with Crippen molar-refractivity contribution in [1.29, 1.82) is 5.26 Å². The van der Waals surface area contributed by atoms with Gasteiger partial charge < -0.3 is 20.1 Å². The van der Waals surface area contributed by atoms with Crippen LogP contribution < -0.4 is 15.5 Å². The Kier molecular flexibility index (Phi) is 6.61. The summed E-state index contributed by atoms with van der Waals surface area (Å²) in [6.07, 6.45) is 3.45. The van der Waals surface area contributed by atoms with Crippen LogP contribution in [0.4, 0.5) is 5.69 Å². The van der Waals surface area contributed by atoms with Crippen LogP contribution in [0.25, 0.3) is 11.1 Å². The van der Waals surface area contributed by atoms with E-state index in [0.717, 1.165) is 54.1 Å². The smallest absolute Gasteiger partial charge is 0.292 e. The molecule has 34 heavy (non-hydrogen) atoms. The Labute approximate surface area is 199 Å². The van der Waals surface area contributed by atoms with Gasteiger partial charge in [0.2, 0.25) is 5.89 Å². The normalized spacial score (nSPS) is 14.0. The number of carbonyl (C=O) groups excluding carboxylic acids is 1. The highest BCUT2D eigenvalue weighted by molar-refractivity contribution is 5.90. The van der Waals surface area contributed by atoms with Crippen molar-refractivity contribution in [2.24, 2.45) is 0 Å². The number of piperazine rings is 1. The number of aromatic nitrogens is 3. The summed E-state index contributed by atoms with van der Waals surface area (Å²) in [6.45, 7) is 11.7. The molecule has 9 heteroatoms. The highest BCUT2D eigenvalue weighted by Crippen LogP contribution is 2.34. The van der Waals surface area contributed by atoms with Gasteiger partial charge in [-0.2, -0.15) is 10.2 Å². The first-order valence-corrected chi connectivity index (χ1v) is 11.3. The van der Waals surface area contributed by atoms with Crippen molar-refractivity contribution in [3.63, 3.8) is 0 Å². The molecule has 1 aliphatic heterocycles. The summed E-state index contributed by atoms with van der Waals surface area (Å²) in [5.74, 6) is 0.0593. The van der Waals surface area contributed by atoms with Crippen LogP contribution in [0.1, 0.15) is 54.0 Å². The lowest BCUT2D eigenvalue weighted by Gasteiger charge is -2.31. The molecule has 3 heterocycles. The van der Waals surface area contributed by atoms with Crippen LogP contribution in [-0.2, 0) is 12.0 Å². The lowest BCUT2D eigenvalue weighted by molar-refractivity contribution is 0.0937. The molecule has 0 spiro atoms. The highest BCUT2D eigenvalue weighted by Gasteiger charge is 2.24. The zero-order valence-electron chi connectivity index (χ0n) is 20.0. The van der Waals surface area contributed by atoms with Crippen LogP contribution in [0.5, 0.6) is 0 Å². The minimum absolute atomic E-state index is 0.0234. The number of nitrogens with one attached hydrogen (secondary N) is 2. The Bertz CT molecular complexity index is 1230. The Morgan fingerprint density at radius 1 is 1.26 bits per heavy atom. The van der Waals surface area contributed by atoms with E-state index in [1.165, 1.54) is 0 Å². The van der Waals surface area contributed by atoms with Gasteiger partial charge in [-0.3, -0.25) is 9.78 Å². The van der Waals surface area contributed by atoms with Crippen LogP contribution >= 0.6 is 0 Å². The minimum Gasteiger partial charge on any atom is -0.367 e. The van der Waals surface area contributed by atoms with E-state index in [2.05, 4.69) is 42.8 Å². The van der Waals surface area contributed by atoms with Crippen molar-refractivity contribution < 1.29 is 9.32 Å². The van der Waals surface area contributed by atoms with E-state index in [0.29, 0.717) is 18.0 Å². The molecule has 2 aromatic heterocycles. The van der Waals surface area contributed by atoms with Gasteiger partial charge in [-0.05, 0) is 23.6 Å². The first kappa shape index (κ1) is 23.4. The fourth-order valence-electron chi connectivity index (χ4n) is 3.91. The highest BCUT2D eigenvalue weighted by atomic mass is 16.5. The van der Waals surface area contributed by atoms with E-state index in [1.54, 1.807) is 6.20 Å². The summed E-state index contributed by atoms with van der Waals surface area (Å²) in [7, 11) is 0. The molecule has 0 atom stereocenters. The van der Waals surface area contributed by atoms with Crippen molar-refractivity contribution in [2.75, 3.05) is 31.1 Å². The zero-order valence-corrected chi connectivity index (χ0v) is 20.0. The molecule has 0 radical (unpaired) electrons. The predicted octanol–water partition coefficient (Wildman–Crippen LogP) is 2.95. The van der Waals surface area contributed by atoms with E-state index < -0.39 is 0 Å². The number of pyridine rings is 1. The van der Waals surface area contributed by atoms with Crippen molar-refractivity contribution >= 4 is 11.6 Å². The third-order valence-electron chi connectivity index (χ3n) is 5.85. The second-order valence-corrected chi connectivity index (χ2v) is 9.43. The number of nitrogens with zero attached hydrogens (tertiary/aromatic N) is 5. The lowest BCUT2D eigenvalue weighted by atomic mass is 9.95. The van der Waals surface area contributed by atoms with Gasteiger partial charge in [-0.1, -0.05) is 44.1 Å². The van der Waals surface area contributed by atoms with E-state index >= 15 is 0 Å². The van der Waals surface area contributed by atoms with E-state index in [4.69, 9.17) is 4.52 Å². The number of hydrogen-bond donors (Lipinski definition) is 2. The maximum Gasteiger partial charge on any atom is 0.292 e. The maximum atomic E-state index is 12.5. The van der Waals surface area contributed by atoms with E-state index in [9.17, 15) is 10.1 Å². The molecule has 176 valence electrons. The number of hydrogen-bond acceptors (Lipinski definition) is 8. The Balaban J connectivity index is 1.54. The van der Waals surface area contributed by atoms with Crippen molar-refractivity contribution in [2.45, 2.75) is 39.7 Å². The monoisotopic (exact) mass is 459 g/mol. The second kappa shape index (κ2) is 9.61. The molecule has 1 saturated heterocycles. The largest absolute Gasteiger partial charge is 0.367 e. The van der Waals surface area contributed by atoms with E-state index in [1.807, 2.05) is 46.0 Å². The topological polar surface area (TPSA) is 120 Å². The molecule has 2 N–H and O–H groups in total. The van der Waals surface area contributed by atoms with Crippen molar-refractivity contribution in [1.82, 2.24) is 25.8 Å². The average molecular weight is 460 g/mol. The summed E-state index contributed by atoms with van der Waals surface area (Å²) in [5, 5.41) is 19.8. The lowest BCUT2D eigenvalue weighted by Crippen LogP contribution is -2.43. The van der Waals surface area contributed by atoms with Crippen LogP contribution in [0, 0.1) is 18.3 Å². The quantitative estimate of drug-likeness (QED) is 0.598. The summed E-state index contributed by atoms with van der Waals surface area (Å²) in [4.78, 5) is 23.3. The first-order valence-electron chi connectivity index (χ1n) is 11.3. The van der Waals surface area contributed by atoms with Gasteiger partial charge in [-0.25, -0.2) is 0 Å². The number of amides is 1. The average Bonchev–Trinajstić information content (AvgIpc) is 3.34. The van der Waals surface area contributed by atoms with Gasteiger partial charge in [0, 0.05) is 49.9 Å². The third-order valence-corrected chi connectivity index (χ3v) is 5.85. The molecule has 3 aromatic rings. The van der Waals surface area contributed by atoms with Crippen LogP contribution in [-0.4, -0.2) is 47.2 Å². The van der Waals surface area contributed by atoms with Crippen LogP contribution in [0.15, 0.2) is 35.1 Å². The molecule has 0 aliphatic carbocycles. The fraction of sp³-hybridized carbons (Fsp3) is 0.400. The maximum absolute atomic E-state index is 12.5. The van der Waals surface area contributed by atoms with Gasteiger partial charge in [0.1, 0.15) is 6.07 Å². The molecule has 0 bridgehead atoms. The zero-order chi connectivity index (χ0) is 24.3. The molecular formula is C25H29N7O2. The molecule has 1 aliphatic rings. The molecule has 0 unspecified atom stereocenters. The molecule has 9 nitrogen and oxygen atoms in total. The van der Waals surface area contributed by atoms with Gasteiger partial charge in [0.05, 0.1) is 17.4 Å². The summed E-state index contributed by atoms with van der Waals surface area (Å²) >= 11 is 0. The van der Waals surface area contributed by atoms with Crippen molar-refractivity contribution in [3.8, 4) is 17.2 Å². The first-order chi connectivity index (χ1) is 16.3. The molecular weight excluding hydrogens is 430 g/mol. The molecule has 4 rings (SSSR count). The van der Waals surface area contributed by atoms with E-state index in [-0.39, 0.29) is 17.1 Å². The minimum atomic E-state index is -0.385.